The smallest absolute Gasteiger partial charge is 0.320 e. The first kappa shape index (κ1) is 14.7. The summed E-state index contributed by atoms with van der Waals surface area (Å²) in [6.07, 6.45) is 1.42. The second kappa shape index (κ2) is 6.01. The van der Waals surface area contributed by atoms with E-state index in [4.69, 9.17) is 5.11 Å². The summed E-state index contributed by atoms with van der Waals surface area (Å²) in [5, 5.41) is 11.9. The van der Waals surface area contributed by atoms with Crippen LogP contribution in [-0.4, -0.2) is 24.2 Å². The van der Waals surface area contributed by atoms with E-state index in [9.17, 15) is 4.79 Å². The van der Waals surface area contributed by atoms with Gasteiger partial charge in [0.2, 0.25) is 0 Å². The van der Waals surface area contributed by atoms with Crippen LogP contribution in [0.5, 0.6) is 0 Å². The molecule has 1 aromatic rings. The summed E-state index contributed by atoms with van der Waals surface area (Å²) >= 11 is 0. The van der Waals surface area contributed by atoms with Crippen molar-refractivity contribution in [1.29, 1.82) is 0 Å². The average Bonchev–Trinajstić information content (AvgIpc) is 2.31. The monoisotopic (exact) mass is 249 g/mol. The van der Waals surface area contributed by atoms with E-state index in [2.05, 4.69) is 39.1 Å². The van der Waals surface area contributed by atoms with Gasteiger partial charge in [-0.3, -0.25) is 4.79 Å². The molecule has 0 saturated heterocycles. The number of aliphatic carboxylic acids is 1. The van der Waals surface area contributed by atoms with E-state index in [1.165, 1.54) is 27.8 Å². The van der Waals surface area contributed by atoms with Crippen molar-refractivity contribution in [2.45, 2.75) is 46.6 Å². The Bertz CT molecular complexity index is 426. The van der Waals surface area contributed by atoms with Gasteiger partial charge in [-0.1, -0.05) is 6.07 Å². The van der Waals surface area contributed by atoms with Gasteiger partial charge in [0.25, 0.3) is 0 Å². The van der Waals surface area contributed by atoms with Crippen molar-refractivity contribution in [2.24, 2.45) is 0 Å². The SMILES string of the molecule is CNC(CCc1c(C)c(C)cc(C)c1C)C(=O)O. The molecule has 0 fully saturated rings. The highest BCUT2D eigenvalue weighted by atomic mass is 16.4. The molecule has 0 heterocycles. The highest BCUT2D eigenvalue weighted by molar-refractivity contribution is 5.73. The van der Waals surface area contributed by atoms with Crippen molar-refractivity contribution in [3.05, 3.63) is 33.9 Å². The molecule has 1 aromatic carbocycles. The molecule has 100 valence electrons. The zero-order chi connectivity index (χ0) is 13.9. The number of carboxylic acid groups (broad SMARTS) is 1. The van der Waals surface area contributed by atoms with Gasteiger partial charge in [-0.2, -0.15) is 0 Å². The Kier molecular flexibility index (Phi) is 4.91. The van der Waals surface area contributed by atoms with E-state index in [1.54, 1.807) is 7.05 Å². The molecule has 0 bridgehead atoms. The van der Waals surface area contributed by atoms with Gasteiger partial charge in [-0.15, -0.1) is 0 Å². The normalized spacial score (nSPS) is 12.5. The van der Waals surface area contributed by atoms with Crippen LogP contribution in [0.3, 0.4) is 0 Å². The van der Waals surface area contributed by atoms with E-state index in [1.807, 2.05) is 0 Å². The second-order valence-corrected chi connectivity index (χ2v) is 4.96. The first-order valence-corrected chi connectivity index (χ1v) is 6.34. The lowest BCUT2D eigenvalue weighted by Crippen LogP contribution is -2.34. The number of aryl methyl sites for hydroxylation is 2. The highest BCUT2D eigenvalue weighted by Gasteiger charge is 2.16. The fourth-order valence-corrected chi connectivity index (χ4v) is 2.35. The Morgan fingerprint density at radius 2 is 1.72 bits per heavy atom. The first-order chi connectivity index (χ1) is 8.38. The molecule has 0 saturated carbocycles. The molecule has 0 radical (unpaired) electrons. The number of rotatable bonds is 5. The lowest BCUT2D eigenvalue weighted by atomic mass is 9.90. The molecule has 0 aromatic heterocycles. The molecule has 3 nitrogen and oxygen atoms in total. The second-order valence-electron chi connectivity index (χ2n) is 4.96. The maximum Gasteiger partial charge on any atom is 0.320 e. The number of hydrogen-bond donors (Lipinski definition) is 2. The summed E-state index contributed by atoms with van der Waals surface area (Å²) in [4.78, 5) is 11.0. The highest BCUT2D eigenvalue weighted by Crippen LogP contribution is 2.23. The maximum atomic E-state index is 11.0. The molecule has 2 N–H and O–H groups in total. The minimum Gasteiger partial charge on any atom is -0.480 e. The van der Waals surface area contributed by atoms with Crippen LogP contribution in [0.2, 0.25) is 0 Å². The fourth-order valence-electron chi connectivity index (χ4n) is 2.35. The van der Waals surface area contributed by atoms with Crippen LogP contribution < -0.4 is 5.32 Å². The van der Waals surface area contributed by atoms with Gasteiger partial charge in [0.1, 0.15) is 6.04 Å². The van der Waals surface area contributed by atoms with Crippen LogP contribution in [0.4, 0.5) is 0 Å². The van der Waals surface area contributed by atoms with Gasteiger partial charge in [0.05, 0.1) is 0 Å². The number of hydrogen-bond acceptors (Lipinski definition) is 2. The van der Waals surface area contributed by atoms with E-state index in [-0.39, 0.29) is 0 Å². The van der Waals surface area contributed by atoms with Crippen molar-refractivity contribution < 1.29 is 9.90 Å². The minimum absolute atomic E-state index is 0.468. The van der Waals surface area contributed by atoms with Crippen molar-refractivity contribution in [3.8, 4) is 0 Å². The van der Waals surface area contributed by atoms with Gasteiger partial charge in [-0.05, 0) is 75.4 Å². The topological polar surface area (TPSA) is 49.3 Å². The number of carboxylic acids is 1. The van der Waals surface area contributed by atoms with E-state index in [0.29, 0.717) is 6.42 Å². The Morgan fingerprint density at radius 3 is 2.11 bits per heavy atom. The third-order valence-electron chi connectivity index (χ3n) is 3.85. The van der Waals surface area contributed by atoms with Crippen LogP contribution in [0, 0.1) is 27.7 Å². The van der Waals surface area contributed by atoms with Crippen molar-refractivity contribution >= 4 is 5.97 Å². The molecule has 1 atom stereocenters. The quantitative estimate of drug-likeness (QED) is 0.843. The summed E-state index contributed by atoms with van der Waals surface area (Å²) < 4.78 is 0. The standard InChI is InChI=1S/C15H23NO2/c1-9-8-10(2)12(4)13(11(9)3)6-7-14(16-5)15(17)18/h8,14,16H,6-7H2,1-5H3,(H,17,18). The Balaban J connectivity index is 2.94. The molecule has 0 amide bonds. The van der Waals surface area contributed by atoms with Crippen molar-refractivity contribution in [2.75, 3.05) is 7.05 Å². The molecule has 0 spiro atoms. The van der Waals surface area contributed by atoms with Crippen LogP contribution in [0.25, 0.3) is 0 Å². The van der Waals surface area contributed by atoms with Crippen LogP contribution >= 0.6 is 0 Å². The summed E-state index contributed by atoms with van der Waals surface area (Å²) in [7, 11) is 1.69. The van der Waals surface area contributed by atoms with Gasteiger partial charge >= 0.3 is 5.97 Å². The molecule has 18 heavy (non-hydrogen) atoms. The molecular formula is C15H23NO2. The predicted octanol–water partition coefficient (Wildman–Crippen LogP) is 2.53. The van der Waals surface area contributed by atoms with Crippen molar-refractivity contribution in [1.82, 2.24) is 5.32 Å². The number of benzene rings is 1. The van der Waals surface area contributed by atoms with E-state index < -0.39 is 12.0 Å². The van der Waals surface area contributed by atoms with Crippen LogP contribution in [0.15, 0.2) is 6.07 Å². The number of likely N-dealkylation sites (N-methyl/N-ethyl adjacent to an activating group) is 1. The van der Waals surface area contributed by atoms with Crippen molar-refractivity contribution in [3.63, 3.8) is 0 Å². The first-order valence-electron chi connectivity index (χ1n) is 6.34. The fraction of sp³-hybridized carbons (Fsp3) is 0.533. The zero-order valence-corrected chi connectivity index (χ0v) is 11.9. The predicted molar refractivity (Wildman–Crippen MR) is 74.2 cm³/mol. The lowest BCUT2D eigenvalue weighted by Gasteiger charge is -2.17. The Morgan fingerprint density at radius 1 is 1.22 bits per heavy atom. The lowest BCUT2D eigenvalue weighted by molar-refractivity contribution is -0.139. The summed E-state index contributed by atoms with van der Waals surface area (Å²) in [5.74, 6) is -0.780. The largest absolute Gasteiger partial charge is 0.480 e. The van der Waals surface area contributed by atoms with Crippen LogP contribution in [0.1, 0.15) is 34.2 Å². The molecule has 1 unspecified atom stereocenters. The van der Waals surface area contributed by atoms with Gasteiger partial charge in [0, 0.05) is 0 Å². The Hall–Kier alpha value is -1.35. The van der Waals surface area contributed by atoms with Gasteiger partial charge in [-0.25, -0.2) is 0 Å². The Labute approximate surface area is 109 Å². The number of nitrogens with one attached hydrogen (secondary N) is 1. The number of carbonyl (C=O) groups is 1. The minimum atomic E-state index is -0.780. The molecule has 1 rings (SSSR count). The van der Waals surface area contributed by atoms with E-state index in [0.717, 1.165) is 6.42 Å². The van der Waals surface area contributed by atoms with Crippen LogP contribution in [-0.2, 0) is 11.2 Å². The molecule has 0 aliphatic carbocycles. The van der Waals surface area contributed by atoms with Gasteiger partial charge in [0.15, 0.2) is 0 Å². The molecule has 0 aliphatic rings. The summed E-state index contributed by atoms with van der Waals surface area (Å²) in [5.41, 5.74) is 6.44. The third kappa shape index (κ3) is 3.10. The zero-order valence-electron chi connectivity index (χ0n) is 11.9. The summed E-state index contributed by atoms with van der Waals surface area (Å²) in [6, 6.07) is 1.73. The third-order valence-corrected chi connectivity index (χ3v) is 3.85. The molecule has 0 aliphatic heterocycles. The average molecular weight is 249 g/mol. The maximum absolute atomic E-state index is 11.0. The van der Waals surface area contributed by atoms with Gasteiger partial charge < -0.3 is 10.4 Å². The summed E-state index contributed by atoms with van der Waals surface area (Å²) in [6.45, 7) is 8.45. The molecule has 3 heteroatoms. The van der Waals surface area contributed by atoms with E-state index >= 15 is 0 Å². The molecular weight excluding hydrogens is 226 g/mol.